The number of amides is 1. The van der Waals surface area contributed by atoms with Gasteiger partial charge in [-0.15, -0.1) is 0 Å². The molecule has 156 valence electrons. The van der Waals surface area contributed by atoms with Gasteiger partial charge >= 0.3 is 0 Å². The summed E-state index contributed by atoms with van der Waals surface area (Å²) in [5.41, 5.74) is 1.21. The number of carbonyl (C=O) groups is 1. The molecule has 3 unspecified atom stereocenters. The molecule has 1 aromatic heterocycles. The number of hydrogen-bond donors (Lipinski definition) is 1. The largest absolute Gasteiger partial charge is 0.373 e. The number of aryl methyl sites for hydroxylation is 1. The van der Waals surface area contributed by atoms with E-state index in [0.717, 1.165) is 44.7 Å². The number of carbonyl (C=O) groups excluding carboxylic acids is 1. The summed E-state index contributed by atoms with van der Waals surface area (Å²) >= 11 is 1.41. The number of H-pyrrole nitrogens is 1. The van der Waals surface area contributed by atoms with E-state index in [0.29, 0.717) is 23.6 Å². The third kappa shape index (κ3) is 5.15. The van der Waals surface area contributed by atoms with Crippen molar-refractivity contribution in [3.63, 3.8) is 0 Å². The molecular formula is C20H32N4O3S. The maximum Gasteiger partial charge on any atom is 0.254 e. The van der Waals surface area contributed by atoms with Gasteiger partial charge in [0.15, 0.2) is 5.16 Å². The number of nitrogens with one attached hydrogen (secondary N) is 1. The molecule has 0 aromatic carbocycles. The van der Waals surface area contributed by atoms with Gasteiger partial charge in [-0.2, -0.15) is 0 Å². The Morgan fingerprint density at radius 2 is 2.04 bits per heavy atom. The molecule has 1 N–H and O–H groups in total. The van der Waals surface area contributed by atoms with Gasteiger partial charge in [-0.25, -0.2) is 4.98 Å². The Labute approximate surface area is 171 Å². The first-order valence-electron chi connectivity index (χ1n) is 10.2. The zero-order valence-corrected chi connectivity index (χ0v) is 18.2. The molecular weight excluding hydrogens is 376 g/mol. The lowest BCUT2D eigenvalue weighted by Crippen LogP contribution is -2.51. The molecule has 0 spiro atoms. The highest BCUT2D eigenvalue weighted by molar-refractivity contribution is 7.98. The van der Waals surface area contributed by atoms with Crippen molar-refractivity contribution in [3.05, 3.63) is 21.6 Å². The van der Waals surface area contributed by atoms with Crippen LogP contribution in [0.5, 0.6) is 0 Å². The monoisotopic (exact) mass is 408 g/mol. The predicted molar refractivity (Wildman–Crippen MR) is 111 cm³/mol. The van der Waals surface area contributed by atoms with Gasteiger partial charge in [0.2, 0.25) is 5.91 Å². The predicted octanol–water partition coefficient (Wildman–Crippen LogP) is 1.83. The van der Waals surface area contributed by atoms with Crippen molar-refractivity contribution in [3.8, 4) is 0 Å². The van der Waals surface area contributed by atoms with Crippen LogP contribution in [-0.4, -0.2) is 76.4 Å². The molecule has 2 fully saturated rings. The standard InChI is InChI=1S/C20H32N4O3S/c1-13-10-23(11-14(2)27-13)12-16-6-5-9-24(16)18(25)8-7-17-15(3)21-20(28-4)22-19(17)26/h13-14,16H,5-12H2,1-4H3,(H,21,22,26). The van der Waals surface area contributed by atoms with Crippen molar-refractivity contribution in [2.75, 3.05) is 32.4 Å². The Kier molecular flexibility index (Phi) is 7.17. The molecule has 0 aliphatic carbocycles. The minimum atomic E-state index is -0.126. The number of aromatic amines is 1. The van der Waals surface area contributed by atoms with E-state index in [9.17, 15) is 9.59 Å². The first kappa shape index (κ1) is 21.3. The summed E-state index contributed by atoms with van der Waals surface area (Å²) in [5.74, 6) is 0.143. The molecule has 2 aliphatic heterocycles. The van der Waals surface area contributed by atoms with Crippen LogP contribution >= 0.6 is 11.8 Å². The fourth-order valence-corrected chi connectivity index (χ4v) is 4.86. The maximum absolute atomic E-state index is 12.9. The van der Waals surface area contributed by atoms with Crippen LogP contribution in [0.3, 0.4) is 0 Å². The van der Waals surface area contributed by atoms with E-state index in [1.165, 1.54) is 11.8 Å². The normalized spacial score (nSPS) is 26.0. The summed E-state index contributed by atoms with van der Waals surface area (Å²) in [5, 5.41) is 0.617. The second-order valence-electron chi connectivity index (χ2n) is 8.00. The van der Waals surface area contributed by atoms with Crippen LogP contribution in [0.4, 0.5) is 0 Å². The van der Waals surface area contributed by atoms with Crippen molar-refractivity contribution in [2.45, 2.75) is 69.9 Å². The van der Waals surface area contributed by atoms with Gasteiger partial charge in [-0.3, -0.25) is 14.5 Å². The Bertz CT molecular complexity index is 743. The fraction of sp³-hybridized carbons (Fsp3) is 0.750. The molecule has 0 saturated carbocycles. The summed E-state index contributed by atoms with van der Waals surface area (Å²) in [6.45, 7) is 9.63. The van der Waals surface area contributed by atoms with E-state index in [1.54, 1.807) is 0 Å². The number of hydrogen-bond acceptors (Lipinski definition) is 6. The van der Waals surface area contributed by atoms with Gasteiger partial charge in [0, 0.05) is 49.9 Å². The topological polar surface area (TPSA) is 78.5 Å². The lowest BCUT2D eigenvalue weighted by Gasteiger charge is -2.38. The van der Waals surface area contributed by atoms with Gasteiger partial charge < -0.3 is 14.6 Å². The zero-order chi connectivity index (χ0) is 20.3. The second-order valence-corrected chi connectivity index (χ2v) is 8.79. The van der Waals surface area contributed by atoms with E-state index < -0.39 is 0 Å². The molecule has 2 aliphatic rings. The van der Waals surface area contributed by atoms with E-state index in [4.69, 9.17) is 4.74 Å². The summed E-state index contributed by atoms with van der Waals surface area (Å²) in [4.78, 5) is 36.8. The van der Waals surface area contributed by atoms with E-state index in [1.807, 2.05) is 18.1 Å². The average molecular weight is 409 g/mol. The lowest BCUT2D eigenvalue weighted by molar-refractivity contribution is -0.133. The summed E-state index contributed by atoms with van der Waals surface area (Å²) < 4.78 is 5.82. The molecule has 3 heterocycles. The number of ether oxygens (including phenoxy) is 1. The third-order valence-corrected chi connectivity index (χ3v) is 6.22. The minimum absolute atomic E-state index is 0.126. The van der Waals surface area contributed by atoms with Crippen LogP contribution in [-0.2, 0) is 16.0 Å². The van der Waals surface area contributed by atoms with Crippen LogP contribution in [0.1, 0.15) is 44.4 Å². The van der Waals surface area contributed by atoms with E-state index in [-0.39, 0.29) is 29.7 Å². The number of likely N-dealkylation sites (tertiary alicyclic amines) is 1. The number of aromatic nitrogens is 2. The van der Waals surface area contributed by atoms with Crippen LogP contribution in [0, 0.1) is 6.92 Å². The van der Waals surface area contributed by atoms with Crippen molar-refractivity contribution < 1.29 is 9.53 Å². The SMILES string of the molecule is CSc1nc(C)c(CCC(=O)N2CCCC2CN2CC(C)OC(C)C2)c(=O)[nH]1. The summed E-state index contributed by atoms with van der Waals surface area (Å²) in [6.07, 6.45) is 5.25. The van der Waals surface area contributed by atoms with Gasteiger partial charge in [0.1, 0.15) is 0 Å². The van der Waals surface area contributed by atoms with Crippen LogP contribution in [0.2, 0.25) is 0 Å². The maximum atomic E-state index is 12.9. The molecule has 3 atom stereocenters. The van der Waals surface area contributed by atoms with Gasteiger partial charge in [0.05, 0.1) is 12.2 Å². The molecule has 28 heavy (non-hydrogen) atoms. The van der Waals surface area contributed by atoms with Gasteiger partial charge in [0.25, 0.3) is 5.56 Å². The third-order valence-electron chi connectivity index (χ3n) is 5.64. The molecule has 7 nitrogen and oxygen atoms in total. The average Bonchev–Trinajstić information content (AvgIpc) is 3.07. The number of nitrogens with zero attached hydrogens (tertiary/aromatic N) is 3. The first-order chi connectivity index (χ1) is 13.4. The van der Waals surface area contributed by atoms with E-state index >= 15 is 0 Å². The Balaban J connectivity index is 1.58. The quantitative estimate of drug-likeness (QED) is 0.572. The Hall–Kier alpha value is -1.38. The molecule has 1 amide bonds. The molecule has 2 saturated heterocycles. The first-order valence-corrected chi connectivity index (χ1v) is 11.4. The van der Waals surface area contributed by atoms with Crippen LogP contribution in [0.25, 0.3) is 0 Å². The highest BCUT2D eigenvalue weighted by Gasteiger charge is 2.32. The fourth-order valence-electron chi connectivity index (χ4n) is 4.44. The van der Waals surface area contributed by atoms with Crippen molar-refractivity contribution >= 4 is 17.7 Å². The smallest absolute Gasteiger partial charge is 0.254 e. The Morgan fingerprint density at radius 1 is 1.32 bits per heavy atom. The lowest BCUT2D eigenvalue weighted by atomic mass is 10.1. The Morgan fingerprint density at radius 3 is 2.68 bits per heavy atom. The zero-order valence-electron chi connectivity index (χ0n) is 17.4. The second kappa shape index (κ2) is 9.41. The highest BCUT2D eigenvalue weighted by Crippen LogP contribution is 2.22. The minimum Gasteiger partial charge on any atom is -0.373 e. The van der Waals surface area contributed by atoms with Crippen LogP contribution < -0.4 is 5.56 Å². The van der Waals surface area contributed by atoms with E-state index in [2.05, 4.69) is 28.7 Å². The van der Waals surface area contributed by atoms with Crippen molar-refractivity contribution in [1.29, 1.82) is 0 Å². The van der Waals surface area contributed by atoms with Crippen LogP contribution in [0.15, 0.2) is 9.95 Å². The molecule has 1 aromatic rings. The number of morpholine rings is 1. The van der Waals surface area contributed by atoms with Crippen molar-refractivity contribution in [1.82, 2.24) is 19.8 Å². The highest BCUT2D eigenvalue weighted by atomic mass is 32.2. The molecule has 8 heteroatoms. The molecule has 0 bridgehead atoms. The van der Waals surface area contributed by atoms with Crippen molar-refractivity contribution in [2.24, 2.45) is 0 Å². The molecule has 3 rings (SSSR count). The van der Waals surface area contributed by atoms with Gasteiger partial charge in [-0.1, -0.05) is 11.8 Å². The molecule has 0 radical (unpaired) electrons. The number of thioether (sulfide) groups is 1. The summed E-state index contributed by atoms with van der Waals surface area (Å²) in [7, 11) is 0. The summed E-state index contributed by atoms with van der Waals surface area (Å²) in [6, 6.07) is 0.265. The number of rotatable bonds is 6. The van der Waals surface area contributed by atoms with Gasteiger partial charge in [-0.05, 0) is 46.3 Å².